The van der Waals surface area contributed by atoms with Gasteiger partial charge in [0.05, 0.1) is 6.33 Å². The van der Waals surface area contributed by atoms with Crippen LogP contribution in [0, 0.1) is 0 Å². The zero-order valence-corrected chi connectivity index (χ0v) is 24.6. The van der Waals surface area contributed by atoms with E-state index >= 15 is 0 Å². The smallest absolute Gasteiger partial charge is 0.459 e. The van der Waals surface area contributed by atoms with Gasteiger partial charge < -0.3 is 24.8 Å². The van der Waals surface area contributed by atoms with E-state index in [1.807, 2.05) is 0 Å². The number of aromatic nitrogens is 4. The van der Waals surface area contributed by atoms with E-state index in [0.29, 0.717) is 0 Å². The highest BCUT2D eigenvalue weighted by Gasteiger charge is 2.84. The maximum Gasteiger partial charge on any atom is 0.459 e. The van der Waals surface area contributed by atoms with E-state index in [-0.39, 0.29) is 29.0 Å². The van der Waals surface area contributed by atoms with Crippen LogP contribution in [0.25, 0.3) is 11.2 Å². The molecule has 14 nitrogen and oxygen atoms in total. The number of nitrogens with zero attached hydrogens (tertiary/aromatic N) is 3. The predicted octanol–water partition coefficient (Wildman–Crippen LogP) is 2.77. The van der Waals surface area contributed by atoms with E-state index in [9.17, 15) is 19.3 Å². The molecule has 1 aromatic carbocycles. The summed E-state index contributed by atoms with van der Waals surface area (Å²) in [7, 11) is -4.33. The topological polar surface area (TPSA) is 193 Å². The van der Waals surface area contributed by atoms with Crippen molar-refractivity contribution in [3.8, 4) is 5.75 Å². The number of H-pyrrole nitrogens is 1. The summed E-state index contributed by atoms with van der Waals surface area (Å²) in [5.41, 5.74) is 3.45. The van der Waals surface area contributed by atoms with Gasteiger partial charge in [0, 0.05) is 0 Å². The summed E-state index contributed by atoms with van der Waals surface area (Å²) in [6, 6.07) is 7.22. The van der Waals surface area contributed by atoms with Gasteiger partial charge in [0.1, 0.15) is 40.6 Å². The Labute approximate surface area is 245 Å². The number of nitrogens with two attached hydrogens (primary N) is 1. The molecule has 0 bridgehead atoms. The van der Waals surface area contributed by atoms with Crippen molar-refractivity contribution < 1.29 is 33.0 Å². The minimum absolute atomic E-state index is 0.0136. The normalized spacial score (nSPS) is 31.3. The molecule has 2 aromatic heterocycles. The number of carbonyl (C=O) groups is 1. The minimum Gasteiger partial charge on any atom is -0.461 e. The van der Waals surface area contributed by atoms with Gasteiger partial charge in [-0.25, -0.2) is 9.55 Å². The summed E-state index contributed by atoms with van der Waals surface area (Å²) in [4.78, 5) is 34.1. The number of ether oxygens (including phenoxy) is 2. The van der Waals surface area contributed by atoms with Gasteiger partial charge in [-0.15, -0.1) is 11.6 Å². The van der Waals surface area contributed by atoms with Crippen molar-refractivity contribution in [1.29, 1.82) is 0 Å². The van der Waals surface area contributed by atoms with Crippen molar-refractivity contribution >= 4 is 42.4 Å². The molecule has 2 aliphatic carbocycles. The summed E-state index contributed by atoms with van der Waals surface area (Å²) < 4.78 is 38.9. The van der Waals surface area contributed by atoms with Crippen LogP contribution in [0.1, 0.15) is 52.2 Å². The number of alkyl halides is 1. The minimum atomic E-state index is -4.33. The number of esters is 1. The first kappa shape index (κ1) is 29.1. The second kappa shape index (κ2) is 10.6. The zero-order valence-electron chi connectivity index (χ0n) is 22.9. The number of imidazole rings is 1. The number of carbonyl (C=O) groups excluding carboxylic acids is 1. The molecule has 226 valence electrons. The lowest BCUT2D eigenvalue weighted by Crippen LogP contribution is -2.45. The molecule has 0 spiro atoms. The Balaban J connectivity index is 1.22. The third-order valence-electron chi connectivity index (χ3n) is 8.02. The number of fused-ring (bicyclic) bond motifs is 2. The van der Waals surface area contributed by atoms with Crippen molar-refractivity contribution in [2.24, 2.45) is 0 Å². The fourth-order valence-electron chi connectivity index (χ4n) is 5.67. The van der Waals surface area contributed by atoms with Crippen molar-refractivity contribution in [3.63, 3.8) is 0 Å². The largest absolute Gasteiger partial charge is 0.461 e. The van der Waals surface area contributed by atoms with E-state index in [4.69, 9.17) is 35.9 Å². The van der Waals surface area contributed by atoms with Crippen molar-refractivity contribution in [2.75, 3.05) is 5.73 Å². The van der Waals surface area contributed by atoms with Gasteiger partial charge in [-0.3, -0.25) is 23.7 Å². The van der Waals surface area contributed by atoms with E-state index in [2.05, 4.69) is 20.0 Å². The molecule has 1 aliphatic heterocycles. The van der Waals surface area contributed by atoms with Crippen LogP contribution in [0.3, 0.4) is 0 Å². The highest BCUT2D eigenvalue weighted by molar-refractivity contribution is 7.52. The number of benzene rings is 1. The molecule has 6 rings (SSSR count). The molecule has 3 heterocycles. The van der Waals surface area contributed by atoms with Gasteiger partial charge in [-0.2, -0.15) is 10.1 Å². The molecule has 42 heavy (non-hydrogen) atoms. The Morgan fingerprint density at radius 2 is 2.02 bits per heavy atom. The van der Waals surface area contributed by atoms with Gasteiger partial charge in [-0.05, 0) is 51.7 Å². The second-order valence-electron chi connectivity index (χ2n) is 11.1. The van der Waals surface area contributed by atoms with Gasteiger partial charge in [-0.1, -0.05) is 24.6 Å². The molecule has 0 amide bonds. The number of para-hydroxylation sites is 1. The lowest BCUT2D eigenvalue weighted by molar-refractivity contribution is -0.152. The Hall–Kier alpha value is -3.00. The number of halogens is 1. The lowest BCUT2D eigenvalue weighted by atomic mass is 9.98. The van der Waals surface area contributed by atoms with Crippen molar-refractivity contribution in [1.82, 2.24) is 24.6 Å². The summed E-state index contributed by atoms with van der Waals surface area (Å²) >= 11 is 6.91. The van der Waals surface area contributed by atoms with Crippen LogP contribution in [0.5, 0.6) is 5.75 Å². The molecule has 7 atom stereocenters. The van der Waals surface area contributed by atoms with Crippen LogP contribution in [-0.2, 0) is 23.4 Å². The quantitative estimate of drug-likeness (QED) is 0.155. The van der Waals surface area contributed by atoms with Crippen LogP contribution in [0.15, 0.2) is 41.5 Å². The molecular formula is C26H32ClN6O8P. The average molecular weight is 623 g/mol. The summed E-state index contributed by atoms with van der Waals surface area (Å²) in [6.07, 6.45) is 2.45. The number of nitrogen functional groups attached to an aromatic ring is 1. The molecule has 3 fully saturated rings. The van der Waals surface area contributed by atoms with E-state index in [1.165, 1.54) is 24.7 Å². The monoisotopic (exact) mass is 622 g/mol. The average Bonchev–Trinajstić information content (AvgIpc) is 3.19. The highest BCUT2D eigenvalue weighted by atomic mass is 35.5. The molecule has 16 heteroatoms. The Morgan fingerprint density at radius 1 is 1.31 bits per heavy atom. The molecule has 5 N–H and O–H groups in total. The summed E-state index contributed by atoms with van der Waals surface area (Å²) in [6.45, 7) is 3.02. The van der Waals surface area contributed by atoms with Crippen LogP contribution >= 0.6 is 19.3 Å². The van der Waals surface area contributed by atoms with Crippen LogP contribution in [0.4, 0.5) is 5.95 Å². The SMILES string of the molecule is CC(NP(=O)(Oc1ccccc1)OC1[C@H]2O[C@@H](n3cnc4c(=O)[nH]c(N)nc43)[C@](C)(Cl)[C@@]12O)C(=O)OC1CCCCC1. The number of hydrogen-bond donors (Lipinski definition) is 4. The highest BCUT2D eigenvalue weighted by Crippen LogP contribution is 2.67. The van der Waals surface area contributed by atoms with Crippen LogP contribution in [-0.4, -0.2) is 65.4 Å². The molecule has 3 aliphatic rings. The van der Waals surface area contributed by atoms with E-state index in [0.717, 1.165) is 32.1 Å². The lowest BCUT2D eigenvalue weighted by Gasteiger charge is -2.33. The first-order valence-electron chi connectivity index (χ1n) is 13.7. The molecule has 3 aromatic rings. The Bertz CT molecular complexity index is 1590. The number of hydrogen-bond acceptors (Lipinski definition) is 11. The summed E-state index contributed by atoms with van der Waals surface area (Å²) in [5.74, 6) is -0.510. The van der Waals surface area contributed by atoms with Crippen molar-refractivity contribution in [3.05, 3.63) is 47.0 Å². The van der Waals surface area contributed by atoms with E-state index < -0.39 is 54.2 Å². The fourth-order valence-corrected chi connectivity index (χ4v) is 7.75. The maximum absolute atomic E-state index is 14.1. The molecule has 3 unspecified atom stereocenters. The Morgan fingerprint density at radius 3 is 2.69 bits per heavy atom. The molecule has 2 saturated carbocycles. The van der Waals surface area contributed by atoms with Gasteiger partial charge in [0.15, 0.2) is 17.4 Å². The molecule has 0 radical (unpaired) electrons. The first-order valence-corrected chi connectivity index (χ1v) is 15.7. The Kier molecular flexibility index (Phi) is 7.35. The van der Waals surface area contributed by atoms with E-state index in [1.54, 1.807) is 30.3 Å². The van der Waals surface area contributed by atoms with Crippen LogP contribution in [0.2, 0.25) is 0 Å². The zero-order chi connectivity index (χ0) is 29.9. The van der Waals surface area contributed by atoms with Gasteiger partial charge in [0.2, 0.25) is 5.95 Å². The number of aromatic amines is 1. The predicted molar refractivity (Wildman–Crippen MR) is 151 cm³/mol. The van der Waals surface area contributed by atoms with Gasteiger partial charge in [0.25, 0.3) is 5.56 Å². The summed E-state index contributed by atoms with van der Waals surface area (Å²) in [5, 5.41) is 14.3. The van der Waals surface area contributed by atoms with Crippen LogP contribution < -0.4 is 20.9 Å². The number of aliphatic hydroxyl groups is 1. The number of rotatable bonds is 9. The van der Waals surface area contributed by atoms with Gasteiger partial charge >= 0.3 is 13.7 Å². The number of anilines is 1. The number of nitrogens with one attached hydrogen (secondary N) is 2. The first-order chi connectivity index (χ1) is 19.9. The third kappa shape index (κ3) is 4.99. The standard InChI is InChI=1S/C26H32ClN6O8P/c1-14(22(35)38-15-9-5-3-6-10-15)32-42(37,40-16-11-7-4-8-12-16)41-19-18-26(19,36)25(2,27)23(39-18)33-13-29-17-20(33)30-24(28)31-21(17)34/h4,7-8,11-15,18-19,23,36H,3,5-6,9-10H2,1-2H3,(H,32,37)(H3,28,30,31,34)/t14?,18-,19?,23-,25+,26+,42?/m1/s1. The maximum atomic E-state index is 14.1. The fraction of sp³-hybridized carbons (Fsp3) is 0.538. The third-order valence-corrected chi connectivity index (χ3v) is 10.2. The molecular weight excluding hydrogens is 591 g/mol. The second-order valence-corrected chi connectivity index (χ2v) is 13.5. The molecule has 1 saturated heterocycles. The van der Waals surface area contributed by atoms with Crippen molar-refractivity contribution in [2.45, 2.75) is 87.0 Å².